The molecule has 0 aliphatic carbocycles. The predicted octanol–water partition coefficient (Wildman–Crippen LogP) is 2.45. The van der Waals surface area contributed by atoms with E-state index in [1.165, 1.54) is 0 Å². The molecule has 2 rings (SSSR count). The Labute approximate surface area is 121 Å². The van der Waals surface area contributed by atoms with E-state index in [9.17, 15) is 4.79 Å². The van der Waals surface area contributed by atoms with E-state index < -0.39 is 0 Å². The van der Waals surface area contributed by atoms with Gasteiger partial charge in [-0.2, -0.15) is 0 Å². The number of piperazine rings is 1. The zero-order chi connectivity index (χ0) is 14.0. The number of carbonyl (C=O) groups excluding carboxylic acids is 1. The van der Waals surface area contributed by atoms with Gasteiger partial charge in [0.05, 0.1) is 0 Å². The van der Waals surface area contributed by atoms with Gasteiger partial charge in [0.2, 0.25) is 0 Å². The summed E-state index contributed by atoms with van der Waals surface area (Å²) < 4.78 is 0. The van der Waals surface area contributed by atoms with Gasteiger partial charge in [-0.25, -0.2) is 0 Å². The number of likely N-dealkylation sites (N-methyl/N-ethyl adjacent to an activating group) is 1. The van der Waals surface area contributed by atoms with E-state index >= 15 is 0 Å². The molecule has 0 N–H and O–H groups in total. The SMILES string of the molecule is CCC1CN(C(=O)c2cc(S)ccc2C)CCN1C. The van der Waals surface area contributed by atoms with Gasteiger partial charge < -0.3 is 4.90 Å². The van der Waals surface area contributed by atoms with Crippen LogP contribution in [0, 0.1) is 6.92 Å². The van der Waals surface area contributed by atoms with E-state index in [-0.39, 0.29) is 5.91 Å². The molecule has 4 heteroatoms. The number of carbonyl (C=O) groups is 1. The maximum atomic E-state index is 12.6. The second-order valence-electron chi connectivity index (χ2n) is 5.29. The van der Waals surface area contributed by atoms with Crippen molar-refractivity contribution < 1.29 is 4.79 Å². The van der Waals surface area contributed by atoms with Crippen molar-refractivity contribution in [1.82, 2.24) is 9.80 Å². The van der Waals surface area contributed by atoms with Gasteiger partial charge >= 0.3 is 0 Å². The molecule has 19 heavy (non-hydrogen) atoms. The van der Waals surface area contributed by atoms with Crippen molar-refractivity contribution in [3.63, 3.8) is 0 Å². The van der Waals surface area contributed by atoms with Crippen molar-refractivity contribution in [2.75, 3.05) is 26.7 Å². The highest BCUT2D eigenvalue weighted by molar-refractivity contribution is 7.80. The molecular formula is C15H22N2OS. The number of amides is 1. The minimum atomic E-state index is 0.139. The maximum absolute atomic E-state index is 12.6. The molecule has 0 bridgehead atoms. The molecule has 1 unspecified atom stereocenters. The molecule has 0 aromatic heterocycles. The van der Waals surface area contributed by atoms with Crippen molar-refractivity contribution in [2.24, 2.45) is 0 Å². The number of thiol groups is 1. The number of hydrogen-bond acceptors (Lipinski definition) is 3. The van der Waals surface area contributed by atoms with Gasteiger partial charge in [-0.05, 0) is 38.1 Å². The molecule has 0 saturated carbocycles. The molecule has 104 valence electrons. The van der Waals surface area contributed by atoms with E-state index in [2.05, 4.69) is 31.5 Å². The third-order valence-corrected chi connectivity index (χ3v) is 4.27. The van der Waals surface area contributed by atoms with Gasteiger partial charge in [-0.3, -0.25) is 9.69 Å². The van der Waals surface area contributed by atoms with E-state index in [4.69, 9.17) is 0 Å². The first-order valence-electron chi connectivity index (χ1n) is 6.82. The topological polar surface area (TPSA) is 23.6 Å². The fourth-order valence-electron chi connectivity index (χ4n) is 2.58. The minimum Gasteiger partial charge on any atom is -0.336 e. The summed E-state index contributed by atoms with van der Waals surface area (Å²) in [4.78, 5) is 17.8. The summed E-state index contributed by atoms with van der Waals surface area (Å²) in [5.41, 5.74) is 1.81. The minimum absolute atomic E-state index is 0.139. The molecule has 0 radical (unpaired) electrons. The number of benzene rings is 1. The predicted molar refractivity (Wildman–Crippen MR) is 81.0 cm³/mol. The summed E-state index contributed by atoms with van der Waals surface area (Å²) in [5.74, 6) is 0.139. The third kappa shape index (κ3) is 3.12. The third-order valence-electron chi connectivity index (χ3n) is 3.99. The van der Waals surface area contributed by atoms with Gasteiger partial charge in [-0.15, -0.1) is 12.6 Å². The van der Waals surface area contributed by atoms with Crippen molar-refractivity contribution in [3.8, 4) is 0 Å². The Morgan fingerprint density at radius 1 is 1.42 bits per heavy atom. The van der Waals surface area contributed by atoms with Gasteiger partial charge in [0.15, 0.2) is 0 Å². The van der Waals surface area contributed by atoms with Crippen molar-refractivity contribution in [1.29, 1.82) is 0 Å². The standard InChI is InChI=1S/C15H22N2OS/c1-4-12-10-17(8-7-16(12)3)15(18)14-9-13(19)6-5-11(14)2/h5-6,9,12,19H,4,7-8,10H2,1-3H3. The van der Waals surface area contributed by atoms with Gasteiger partial charge in [-0.1, -0.05) is 13.0 Å². The maximum Gasteiger partial charge on any atom is 0.254 e. The zero-order valence-electron chi connectivity index (χ0n) is 11.9. The fourth-order valence-corrected chi connectivity index (χ4v) is 2.79. The molecular weight excluding hydrogens is 256 g/mol. The van der Waals surface area contributed by atoms with Gasteiger partial charge in [0, 0.05) is 36.1 Å². The number of aryl methyl sites for hydroxylation is 1. The Balaban J connectivity index is 2.18. The summed E-state index contributed by atoms with van der Waals surface area (Å²) in [7, 11) is 2.13. The number of nitrogens with zero attached hydrogens (tertiary/aromatic N) is 2. The largest absolute Gasteiger partial charge is 0.336 e. The molecule has 1 aliphatic heterocycles. The van der Waals surface area contributed by atoms with Gasteiger partial charge in [0.25, 0.3) is 5.91 Å². The summed E-state index contributed by atoms with van der Waals surface area (Å²) >= 11 is 4.33. The van der Waals surface area contributed by atoms with E-state index in [0.29, 0.717) is 6.04 Å². The lowest BCUT2D eigenvalue weighted by Crippen LogP contribution is -2.53. The van der Waals surface area contributed by atoms with Crippen LogP contribution in [0.15, 0.2) is 23.1 Å². The number of hydrogen-bond donors (Lipinski definition) is 1. The average Bonchev–Trinajstić information content (AvgIpc) is 2.41. The molecule has 1 fully saturated rings. The molecule has 1 amide bonds. The average molecular weight is 278 g/mol. The highest BCUT2D eigenvalue weighted by Gasteiger charge is 2.27. The first-order valence-corrected chi connectivity index (χ1v) is 7.26. The molecule has 1 aromatic carbocycles. The number of rotatable bonds is 2. The van der Waals surface area contributed by atoms with Crippen LogP contribution in [0.1, 0.15) is 29.3 Å². The Hall–Kier alpha value is -1.00. The first kappa shape index (κ1) is 14.4. The lowest BCUT2D eigenvalue weighted by atomic mass is 10.1. The Morgan fingerprint density at radius 2 is 2.16 bits per heavy atom. The Kier molecular flexibility index (Phi) is 4.53. The quantitative estimate of drug-likeness (QED) is 0.840. The Bertz CT molecular complexity index is 475. The van der Waals surface area contributed by atoms with E-state index in [1.54, 1.807) is 0 Å². The monoisotopic (exact) mass is 278 g/mol. The van der Waals surface area contributed by atoms with Crippen LogP contribution < -0.4 is 0 Å². The fraction of sp³-hybridized carbons (Fsp3) is 0.533. The van der Waals surface area contributed by atoms with Crippen molar-refractivity contribution >= 4 is 18.5 Å². The van der Waals surface area contributed by atoms with Crippen molar-refractivity contribution in [3.05, 3.63) is 29.3 Å². The lowest BCUT2D eigenvalue weighted by molar-refractivity contribution is 0.0541. The second-order valence-corrected chi connectivity index (χ2v) is 5.81. The Morgan fingerprint density at radius 3 is 2.84 bits per heavy atom. The summed E-state index contributed by atoms with van der Waals surface area (Å²) in [6, 6.07) is 6.23. The van der Waals surface area contributed by atoms with Crippen LogP contribution in [0.5, 0.6) is 0 Å². The van der Waals surface area contributed by atoms with Crippen LogP contribution in [0.25, 0.3) is 0 Å². The second kappa shape index (κ2) is 5.97. The normalized spacial score (nSPS) is 20.6. The molecule has 1 aromatic rings. The lowest BCUT2D eigenvalue weighted by Gasteiger charge is -2.39. The zero-order valence-corrected chi connectivity index (χ0v) is 12.8. The summed E-state index contributed by atoms with van der Waals surface area (Å²) in [5, 5.41) is 0. The molecule has 1 heterocycles. The summed E-state index contributed by atoms with van der Waals surface area (Å²) in [6.07, 6.45) is 1.08. The van der Waals surface area contributed by atoms with E-state index in [1.807, 2.05) is 30.0 Å². The smallest absolute Gasteiger partial charge is 0.254 e. The first-order chi connectivity index (χ1) is 9.02. The van der Waals surface area contributed by atoms with Crippen LogP contribution >= 0.6 is 12.6 Å². The van der Waals surface area contributed by atoms with Crippen LogP contribution in [-0.2, 0) is 0 Å². The van der Waals surface area contributed by atoms with E-state index in [0.717, 1.165) is 42.1 Å². The van der Waals surface area contributed by atoms with Crippen LogP contribution in [0.2, 0.25) is 0 Å². The highest BCUT2D eigenvalue weighted by atomic mass is 32.1. The van der Waals surface area contributed by atoms with Crippen LogP contribution in [-0.4, -0.2) is 48.4 Å². The van der Waals surface area contributed by atoms with Crippen LogP contribution in [0.3, 0.4) is 0 Å². The van der Waals surface area contributed by atoms with Gasteiger partial charge in [0.1, 0.15) is 0 Å². The van der Waals surface area contributed by atoms with Crippen molar-refractivity contribution in [2.45, 2.75) is 31.2 Å². The molecule has 1 saturated heterocycles. The molecule has 0 spiro atoms. The molecule has 3 nitrogen and oxygen atoms in total. The highest BCUT2D eigenvalue weighted by Crippen LogP contribution is 2.19. The summed E-state index contributed by atoms with van der Waals surface area (Å²) in [6.45, 7) is 6.73. The molecule has 1 atom stereocenters. The molecule has 1 aliphatic rings. The van der Waals surface area contributed by atoms with Crippen LogP contribution in [0.4, 0.5) is 0 Å².